The fourth-order valence-electron chi connectivity index (χ4n) is 3.73. The van der Waals surface area contributed by atoms with E-state index in [2.05, 4.69) is 15.3 Å². The summed E-state index contributed by atoms with van der Waals surface area (Å²) in [6.07, 6.45) is 3.26. The lowest BCUT2D eigenvalue weighted by Gasteiger charge is -2.23. The molecule has 1 aromatic heterocycles. The molecular formula is C21H20F2N4O2S. The quantitative estimate of drug-likeness (QED) is 0.638. The third kappa shape index (κ3) is 4.16. The Kier molecular flexibility index (Phi) is 5.72. The monoisotopic (exact) mass is 430 g/mol. The standard InChI is InChI=1S/C21H20F2N4O2S/c1-30-11-19(28)24-15-8-12(7-14(23)9-15)21(29)27-6-2-3-18(27)20-25-16-5-4-13(22)10-17(16)26-20/h4-5,7-10,18H,2-3,6,11H2,1H3,(H,24,28)(H,25,26). The zero-order valence-corrected chi connectivity index (χ0v) is 17.1. The van der Waals surface area contributed by atoms with Crippen LogP contribution in [0.25, 0.3) is 11.0 Å². The number of H-pyrrole nitrogens is 1. The number of nitrogens with zero attached hydrogens (tertiary/aromatic N) is 2. The van der Waals surface area contributed by atoms with Gasteiger partial charge in [-0.2, -0.15) is 11.8 Å². The van der Waals surface area contributed by atoms with Crippen molar-refractivity contribution in [2.24, 2.45) is 0 Å². The van der Waals surface area contributed by atoms with E-state index in [-0.39, 0.29) is 40.7 Å². The average molecular weight is 430 g/mol. The number of carbonyl (C=O) groups is 2. The van der Waals surface area contributed by atoms with Gasteiger partial charge in [-0.25, -0.2) is 13.8 Å². The molecule has 2 aromatic carbocycles. The van der Waals surface area contributed by atoms with E-state index < -0.39 is 5.82 Å². The van der Waals surface area contributed by atoms with Crippen molar-refractivity contribution in [3.05, 3.63) is 59.4 Å². The van der Waals surface area contributed by atoms with E-state index in [1.54, 1.807) is 17.2 Å². The number of rotatable bonds is 5. The Morgan fingerprint density at radius 2 is 2.07 bits per heavy atom. The molecule has 30 heavy (non-hydrogen) atoms. The molecule has 1 unspecified atom stereocenters. The van der Waals surface area contributed by atoms with Crippen molar-refractivity contribution in [1.29, 1.82) is 0 Å². The van der Waals surface area contributed by atoms with Crippen LogP contribution < -0.4 is 5.32 Å². The minimum absolute atomic E-state index is 0.156. The first-order chi connectivity index (χ1) is 14.4. The van der Waals surface area contributed by atoms with Crippen LogP contribution in [-0.4, -0.2) is 45.2 Å². The van der Waals surface area contributed by atoms with Crippen LogP contribution in [0.2, 0.25) is 0 Å². The number of likely N-dealkylation sites (tertiary alicyclic amines) is 1. The van der Waals surface area contributed by atoms with E-state index in [4.69, 9.17) is 0 Å². The van der Waals surface area contributed by atoms with Crippen LogP contribution >= 0.6 is 11.8 Å². The van der Waals surface area contributed by atoms with Crippen LogP contribution in [0.15, 0.2) is 36.4 Å². The van der Waals surface area contributed by atoms with Gasteiger partial charge in [0.2, 0.25) is 5.91 Å². The Morgan fingerprint density at radius 1 is 1.23 bits per heavy atom. The molecule has 2 heterocycles. The van der Waals surface area contributed by atoms with E-state index in [1.165, 1.54) is 36.0 Å². The molecule has 2 amide bonds. The molecule has 156 valence electrons. The van der Waals surface area contributed by atoms with E-state index in [9.17, 15) is 18.4 Å². The summed E-state index contributed by atoms with van der Waals surface area (Å²) in [4.78, 5) is 34.2. The Labute approximate surface area is 176 Å². The van der Waals surface area contributed by atoms with E-state index in [0.717, 1.165) is 12.5 Å². The number of fused-ring (bicyclic) bond motifs is 1. The Balaban J connectivity index is 1.60. The van der Waals surface area contributed by atoms with Crippen LogP contribution in [0.5, 0.6) is 0 Å². The number of aromatic nitrogens is 2. The second-order valence-corrected chi connectivity index (χ2v) is 8.02. The topological polar surface area (TPSA) is 78.1 Å². The molecule has 9 heteroatoms. The van der Waals surface area contributed by atoms with Gasteiger partial charge in [0.1, 0.15) is 17.5 Å². The molecule has 0 saturated carbocycles. The van der Waals surface area contributed by atoms with Crippen molar-refractivity contribution in [3.63, 3.8) is 0 Å². The van der Waals surface area contributed by atoms with E-state index in [1.807, 2.05) is 0 Å². The minimum Gasteiger partial charge on any atom is -0.340 e. The number of anilines is 1. The maximum Gasteiger partial charge on any atom is 0.254 e. The minimum atomic E-state index is -0.602. The van der Waals surface area contributed by atoms with E-state index in [0.29, 0.717) is 29.8 Å². The van der Waals surface area contributed by atoms with Crippen molar-refractivity contribution in [3.8, 4) is 0 Å². The largest absolute Gasteiger partial charge is 0.340 e. The average Bonchev–Trinajstić information content (AvgIpc) is 3.33. The third-order valence-electron chi connectivity index (χ3n) is 5.00. The van der Waals surface area contributed by atoms with Gasteiger partial charge in [-0.15, -0.1) is 0 Å². The first-order valence-corrected chi connectivity index (χ1v) is 10.9. The van der Waals surface area contributed by atoms with Crippen LogP contribution in [0.3, 0.4) is 0 Å². The lowest BCUT2D eigenvalue weighted by molar-refractivity contribution is -0.113. The predicted octanol–water partition coefficient (Wildman–Crippen LogP) is 4.12. The summed E-state index contributed by atoms with van der Waals surface area (Å²) in [5.41, 5.74) is 1.58. The van der Waals surface area contributed by atoms with Gasteiger partial charge >= 0.3 is 0 Å². The number of halogens is 2. The van der Waals surface area contributed by atoms with Gasteiger partial charge in [0, 0.05) is 17.8 Å². The molecule has 1 saturated heterocycles. The van der Waals surface area contributed by atoms with Crippen molar-refractivity contribution in [2.75, 3.05) is 23.9 Å². The zero-order chi connectivity index (χ0) is 21.3. The fraction of sp³-hybridized carbons (Fsp3) is 0.286. The molecule has 6 nitrogen and oxygen atoms in total. The molecule has 1 fully saturated rings. The van der Waals surface area contributed by atoms with Gasteiger partial charge in [-0.1, -0.05) is 0 Å². The van der Waals surface area contributed by atoms with Crippen LogP contribution in [0.4, 0.5) is 14.5 Å². The summed E-state index contributed by atoms with van der Waals surface area (Å²) in [6, 6.07) is 7.80. The highest BCUT2D eigenvalue weighted by Gasteiger charge is 2.33. The summed E-state index contributed by atoms with van der Waals surface area (Å²) in [5.74, 6) is -0.765. The Hall–Kier alpha value is -2.94. The normalized spacial score (nSPS) is 16.2. The van der Waals surface area contributed by atoms with Gasteiger partial charge < -0.3 is 15.2 Å². The summed E-state index contributed by atoms with van der Waals surface area (Å²) >= 11 is 1.35. The predicted molar refractivity (Wildman–Crippen MR) is 112 cm³/mol. The first-order valence-electron chi connectivity index (χ1n) is 9.50. The summed E-state index contributed by atoms with van der Waals surface area (Å²) < 4.78 is 27.6. The second-order valence-electron chi connectivity index (χ2n) is 7.15. The van der Waals surface area contributed by atoms with Crippen molar-refractivity contribution >= 4 is 40.3 Å². The number of thioether (sulfide) groups is 1. The van der Waals surface area contributed by atoms with E-state index >= 15 is 0 Å². The Morgan fingerprint density at radius 3 is 2.87 bits per heavy atom. The zero-order valence-electron chi connectivity index (χ0n) is 16.2. The molecular weight excluding hydrogens is 410 g/mol. The highest BCUT2D eigenvalue weighted by molar-refractivity contribution is 7.99. The van der Waals surface area contributed by atoms with Gasteiger partial charge in [0.05, 0.1) is 22.8 Å². The second kappa shape index (κ2) is 8.43. The molecule has 0 aliphatic carbocycles. The molecule has 3 aromatic rings. The van der Waals surface area contributed by atoms with Crippen molar-refractivity contribution in [1.82, 2.24) is 14.9 Å². The highest BCUT2D eigenvalue weighted by Crippen LogP contribution is 2.33. The molecule has 0 bridgehead atoms. The van der Waals surface area contributed by atoms with Crippen LogP contribution in [0.1, 0.15) is 35.1 Å². The van der Waals surface area contributed by atoms with Gasteiger partial charge in [0.15, 0.2) is 0 Å². The maximum absolute atomic E-state index is 14.1. The molecule has 1 aliphatic heterocycles. The first kappa shape index (κ1) is 20.3. The number of imidazole rings is 1. The summed E-state index contributed by atoms with van der Waals surface area (Å²) in [7, 11) is 0. The number of aromatic amines is 1. The number of benzene rings is 2. The Bertz CT molecular complexity index is 1120. The molecule has 4 rings (SSSR count). The fourth-order valence-corrected chi connectivity index (χ4v) is 4.07. The molecule has 0 spiro atoms. The van der Waals surface area contributed by atoms with Crippen LogP contribution in [-0.2, 0) is 4.79 Å². The van der Waals surface area contributed by atoms with Crippen molar-refractivity contribution in [2.45, 2.75) is 18.9 Å². The van der Waals surface area contributed by atoms with Crippen LogP contribution in [0, 0.1) is 11.6 Å². The summed E-state index contributed by atoms with van der Waals surface area (Å²) in [5, 5.41) is 2.61. The van der Waals surface area contributed by atoms with Gasteiger partial charge in [0.25, 0.3) is 5.91 Å². The SMILES string of the molecule is CSCC(=O)Nc1cc(F)cc(C(=O)N2CCCC2c2nc3ccc(F)cc3[nH]2)c1. The number of hydrogen-bond donors (Lipinski definition) is 2. The number of hydrogen-bond acceptors (Lipinski definition) is 4. The third-order valence-corrected chi connectivity index (χ3v) is 5.55. The highest BCUT2D eigenvalue weighted by atomic mass is 32.2. The number of amides is 2. The molecule has 0 radical (unpaired) electrons. The van der Waals surface area contributed by atoms with Gasteiger partial charge in [-0.05, 0) is 55.5 Å². The maximum atomic E-state index is 14.1. The number of nitrogens with one attached hydrogen (secondary N) is 2. The summed E-state index contributed by atoms with van der Waals surface area (Å²) in [6.45, 7) is 0.500. The molecule has 2 N–H and O–H groups in total. The molecule has 1 atom stereocenters. The van der Waals surface area contributed by atoms with Gasteiger partial charge in [-0.3, -0.25) is 9.59 Å². The smallest absolute Gasteiger partial charge is 0.254 e. The lowest BCUT2D eigenvalue weighted by Crippen LogP contribution is -2.31. The molecule has 1 aliphatic rings. The van der Waals surface area contributed by atoms with Crippen molar-refractivity contribution < 1.29 is 18.4 Å². The number of carbonyl (C=O) groups excluding carboxylic acids is 2. The lowest BCUT2D eigenvalue weighted by atomic mass is 10.1.